The number of amides is 1. The summed E-state index contributed by atoms with van der Waals surface area (Å²) in [6.07, 6.45) is 7.12. The van der Waals surface area contributed by atoms with Gasteiger partial charge in [0.15, 0.2) is 5.82 Å². The van der Waals surface area contributed by atoms with Crippen molar-refractivity contribution in [1.29, 1.82) is 0 Å². The van der Waals surface area contributed by atoms with Crippen molar-refractivity contribution in [2.45, 2.75) is 64.0 Å². The van der Waals surface area contributed by atoms with Gasteiger partial charge in [0.2, 0.25) is 5.91 Å². The molecule has 1 saturated carbocycles. The molecule has 1 heterocycles. The highest BCUT2D eigenvalue weighted by atomic mass is 16.2. The van der Waals surface area contributed by atoms with Gasteiger partial charge in [-0.1, -0.05) is 18.2 Å². The summed E-state index contributed by atoms with van der Waals surface area (Å²) in [5.41, 5.74) is 4.07. The molecule has 2 aliphatic carbocycles. The van der Waals surface area contributed by atoms with E-state index in [1.807, 2.05) is 6.92 Å². The minimum absolute atomic E-state index is 0.00872. The second kappa shape index (κ2) is 6.34. The minimum atomic E-state index is -0.0468. The molecule has 0 spiro atoms. The Labute approximate surface area is 141 Å². The number of nitrogens with zero attached hydrogens (tertiary/aromatic N) is 4. The molecule has 0 aliphatic heterocycles. The first-order valence-electron chi connectivity index (χ1n) is 8.88. The second-order valence-corrected chi connectivity index (χ2v) is 6.99. The van der Waals surface area contributed by atoms with E-state index in [4.69, 9.17) is 0 Å². The molecule has 1 fully saturated rings. The Hall–Kier alpha value is -2.24. The molecule has 126 valence electrons. The van der Waals surface area contributed by atoms with E-state index in [0.717, 1.165) is 25.1 Å². The fourth-order valence-electron chi connectivity index (χ4n) is 3.49. The quantitative estimate of drug-likeness (QED) is 0.915. The number of nitrogens with one attached hydrogen (secondary N) is 1. The molecule has 1 atom stereocenters. The molecule has 0 saturated heterocycles. The number of benzene rings is 1. The number of aryl methyl sites for hydroxylation is 2. The normalized spacial score (nSPS) is 18.0. The SMILES string of the molecule is CC(NC(=O)Cn1nnnc1C1CC1)c1ccc2c(c1)CCCC2. The lowest BCUT2D eigenvalue weighted by atomic mass is 9.89. The van der Waals surface area contributed by atoms with Gasteiger partial charge in [0.25, 0.3) is 0 Å². The van der Waals surface area contributed by atoms with Crippen LogP contribution < -0.4 is 5.32 Å². The van der Waals surface area contributed by atoms with Crippen LogP contribution in [-0.2, 0) is 24.2 Å². The van der Waals surface area contributed by atoms with Crippen molar-refractivity contribution in [2.75, 3.05) is 0 Å². The minimum Gasteiger partial charge on any atom is -0.348 e. The third kappa shape index (κ3) is 3.18. The first-order chi connectivity index (χ1) is 11.7. The number of carbonyl (C=O) groups excluding carboxylic acids is 1. The monoisotopic (exact) mass is 325 g/mol. The third-order valence-electron chi connectivity index (χ3n) is 5.05. The zero-order valence-electron chi connectivity index (χ0n) is 14.0. The van der Waals surface area contributed by atoms with Crippen molar-refractivity contribution >= 4 is 5.91 Å². The highest BCUT2D eigenvalue weighted by Crippen LogP contribution is 2.38. The molecule has 24 heavy (non-hydrogen) atoms. The van der Waals surface area contributed by atoms with Gasteiger partial charge in [0.05, 0.1) is 6.04 Å². The number of hydrogen-bond acceptors (Lipinski definition) is 4. The topological polar surface area (TPSA) is 72.7 Å². The summed E-state index contributed by atoms with van der Waals surface area (Å²) in [5, 5.41) is 14.8. The molecule has 2 aliphatic rings. The fraction of sp³-hybridized carbons (Fsp3) is 0.556. The van der Waals surface area contributed by atoms with Crippen molar-refractivity contribution in [1.82, 2.24) is 25.5 Å². The highest BCUT2D eigenvalue weighted by Gasteiger charge is 2.30. The first-order valence-corrected chi connectivity index (χ1v) is 8.88. The van der Waals surface area contributed by atoms with Crippen LogP contribution in [-0.4, -0.2) is 26.1 Å². The van der Waals surface area contributed by atoms with Gasteiger partial charge < -0.3 is 5.32 Å². The van der Waals surface area contributed by atoms with Crippen LogP contribution >= 0.6 is 0 Å². The Bertz CT molecular complexity index is 750. The molecule has 1 aromatic heterocycles. The summed E-state index contributed by atoms with van der Waals surface area (Å²) >= 11 is 0. The second-order valence-electron chi connectivity index (χ2n) is 6.99. The predicted octanol–water partition coefficient (Wildman–Crippen LogP) is 2.31. The first kappa shape index (κ1) is 15.3. The summed E-state index contributed by atoms with van der Waals surface area (Å²) in [5.74, 6) is 1.23. The van der Waals surface area contributed by atoms with Crippen LogP contribution in [0, 0.1) is 0 Å². The smallest absolute Gasteiger partial charge is 0.242 e. The van der Waals surface area contributed by atoms with Gasteiger partial charge in [-0.15, -0.1) is 5.10 Å². The average molecular weight is 325 g/mol. The van der Waals surface area contributed by atoms with Crippen LogP contribution in [0.3, 0.4) is 0 Å². The summed E-state index contributed by atoms with van der Waals surface area (Å²) in [6.45, 7) is 2.22. The Kier molecular flexibility index (Phi) is 4.04. The van der Waals surface area contributed by atoms with Crippen LogP contribution in [0.25, 0.3) is 0 Å². The van der Waals surface area contributed by atoms with E-state index < -0.39 is 0 Å². The van der Waals surface area contributed by atoms with Gasteiger partial charge in [0, 0.05) is 5.92 Å². The van der Waals surface area contributed by atoms with E-state index in [0.29, 0.717) is 5.92 Å². The number of carbonyl (C=O) groups is 1. The fourth-order valence-corrected chi connectivity index (χ4v) is 3.49. The van der Waals surface area contributed by atoms with Crippen LogP contribution in [0.2, 0.25) is 0 Å². The zero-order chi connectivity index (χ0) is 16.5. The molecule has 2 aromatic rings. The van der Waals surface area contributed by atoms with Crippen molar-refractivity contribution < 1.29 is 4.79 Å². The van der Waals surface area contributed by atoms with Gasteiger partial charge in [0.1, 0.15) is 6.54 Å². The van der Waals surface area contributed by atoms with Crippen molar-refractivity contribution in [3.63, 3.8) is 0 Å². The largest absolute Gasteiger partial charge is 0.348 e. The third-order valence-corrected chi connectivity index (χ3v) is 5.05. The lowest BCUT2D eigenvalue weighted by Gasteiger charge is -2.20. The molecule has 0 radical (unpaired) electrons. The summed E-state index contributed by atoms with van der Waals surface area (Å²) in [6, 6.07) is 6.61. The maximum atomic E-state index is 12.4. The Morgan fingerprint density at radius 3 is 2.88 bits per heavy atom. The molecule has 6 heteroatoms. The molecule has 4 rings (SSSR count). The average Bonchev–Trinajstić information content (AvgIpc) is 3.34. The molecule has 1 unspecified atom stereocenters. The lowest BCUT2D eigenvalue weighted by Crippen LogP contribution is -2.31. The lowest BCUT2D eigenvalue weighted by molar-refractivity contribution is -0.122. The number of aromatic nitrogens is 4. The summed E-state index contributed by atoms with van der Waals surface area (Å²) in [7, 11) is 0. The Morgan fingerprint density at radius 2 is 2.08 bits per heavy atom. The molecule has 1 aromatic carbocycles. The van der Waals surface area contributed by atoms with Crippen LogP contribution in [0.1, 0.15) is 67.1 Å². The van der Waals surface area contributed by atoms with Crippen molar-refractivity contribution in [2.24, 2.45) is 0 Å². The number of hydrogen-bond donors (Lipinski definition) is 1. The van der Waals surface area contributed by atoms with Gasteiger partial charge in [-0.05, 0) is 72.6 Å². The van der Waals surface area contributed by atoms with E-state index in [-0.39, 0.29) is 18.5 Å². The summed E-state index contributed by atoms with van der Waals surface area (Å²) < 4.78 is 1.63. The Morgan fingerprint density at radius 1 is 1.29 bits per heavy atom. The van der Waals surface area contributed by atoms with Crippen LogP contribution in [0.5, 0.6) is 0 Å². The number of fused-ring (bicyclic) bond motifs is 1. The van der Waals surface area contributed by atoms with Gasteiger partial charge in [-0.3, -0.25) is 4.79 Å². The standard InChI is InChI=1S/C18H23N5O/c1-12(15-9-6-13-4-2-3-5-16(13)10-15)19-17(24)11-23-18(14-7-8-14)20-21-22-23/h6,9-10,12,14H,2-5,7-8,11H2,1H3,(H,19,24). The van der Waals surface area contributed by atoms with Gasteiger partial charge in [-0.2, -0.15) is 0 Å². The zero-order valence-corrected chi connectivity index (χ0v) is 14.0. The molecule has 1 N–H and O–H groups in total. The Balaban J connectivity index is 1.40. The van der Waals surface area contributed by atoms with E-state index in [9.17, 15) is 4.79 Å². The maximum absolute atomic E-state index is 12.4. The summed E-state index contributed by atoms with van der Waals surface area (Å²) in [4.78, 5) is 12.4. The van der Waals surface area contributed by atoms with Crippen molar-refractivity contribution in [3.8, 4) is 0 Å². The molecule has 1 amide bonds. The maximum Gasteiger partial charge on any atom is 0.242 e. The van der Waals surface area contributed by atoms with E-state index in [1.54, 1.807) is 4.68 Å². The van der Waals surface area contributed by atoms with Gasteiger partial charge in [-0.25, -0.2) is 4.68 Å². The van der Waals surface area contributed by atoms with E-state index in [2.05, 4.69) is 39.0 Å². The molecular formula is C18H23N5O. The molecule has 6 nitrogen and oxygen atoms in total. The van der Waals surface area contributed by atoms with Gasteiger partial charge >= 0.3 is 0 Å². The number of tetrazole rings is 1. The van der Waals surface area contributed by atoms with Crippen molar-refractivity contribution in [3.05, 3.63) is 40.7 Å². The van der Waals surface area contributed by atoms with E-state index in [1.165, 1.54) is 36.0 Å². The van der Waals surface area contributed by atoms with Crippen LogP contribution in [0.15, 0.2) is 18.2 Å². The van der Waals surface area contributed by atoms with Crippen LogP contribution in [0.4, 0.5) is 0 Å². The predicted molar refractivity (Wildman–Crippen MR) is 89.4 cm³/mol. The molecular weight excluding hydrogens is 302 g/mol. The van der Waals surface area contributed by atoms with E-state index >= 15 is 0 Å². The highest BCUT2D eigenvalue weighted by molar-refractivity contribution is 5.76. The number of rotatable bonds is 5. The molecule has 0 bridgehead atoms.